The first-order valence-electron chi connectivity index (χ1n) is 8.17. The normalized spacial score (nSPS) is 17.0. The molecule has 26 heavy (non-hydrogen) atoms. The Labute approximate surface area is 167 Å². The number of nitrogens with zero attached hydrogens (tertiary/aromatic N) is 1. The lowest BCUT2D eigenvalue weighted by Gasteiger charge is -2.27. The summed E-state index contributed by atoms with van der Waals surface area (Å²) in [4.78, 5) is 25.7. The first-order chi connectivity index (χ1) is 12.5. The van der Waals surface area contributed by atoms with Gasteiger partial charge in [-0.1, -0.05) is 43.0 Å². The van der Waals surface area contributed by atoms with Crippen molar-refractivity contribution in [3.8, 4) is 5.75 Å². The highest BCUT2D eigenvalue weighted by Crippen LogP contribution is 2.34. The molecule has 1 amide bonds. The van der Waals surface area contributed by atoms with Crippen LogP contribution in [0.15, 0.2) is 29.2 Å². The monoisotopic (exact) mass is 410 g/mol. The number of thioether (sulfide) groups is 2. The summed E-state index contributed by atoms with van der Waals surface area (Å²) < 4.78 is 5.78. The lowest BCUT2D eigenvalue weighted by atomic mass is 10.1. The number of ether oxygens (including phenoxy) is 1. The first kappa shape index (κ1) is 20.8. The number of benzene rings is 1. The maximum absolute atomic E-state index is 12.7. The van der Waals surface area contributed by atoms with Gasteiger partial charge in [0.1, 0.15) is 10.1 Å². The Morgan fingerprint density at radius 3 is 2.69 bits per heavy atom. The van der Waals surface area contributed by atoms with E-state index < -0.39 is 12.0 Å². The standard InChI is InChI=1S/C18H21NO4S3/c1-3-9-23-13-6-4-12(5-7-13)11-15-16(20)19(18(24)26-15)14(17(21)22)8-10-25-2/h4-7,11,14H,3,8-10H2,1-2H3,(H,21,22)/p-1/b15-11+/t14-/m1/s1. The second-order valence-electron chi connectivity index (χ2n) is 5.59. The Hall–Kier alpha value is -1.51. The quantitative estimate of drug-likeness (QED) is 0.458. The molecule has 0 bridgehead atoms. The third-order valence-electron chi connectivity index (χ3n) is 3.65. The van der Waals surface area contributed by atoms with Crippen molar-refractivity contribution >= 4 is 58.0 Å². The molecule has 0 aromatic heterocycles. The summed E-state index contributed by atoms with van der Waals surface area (Å²) in [5, 5.41) is 11.5. The van der Waals surface area contributed by atoms with Crippen molar-refractivity contribution in [1.82, 2.24) is 4.90 Å². The van der Waals surface area contributed by atoms with Gasteiger partial charge in [0, 0.05) is 0 Å². The summed E-state index contributed by atoms with van der Waals surface area (Å²) in [5.74, 6) is -0.296. The molecule has 0 unspecified atom stereocenters. The molecule has 140 valence electrons. The van der Waals surface area contributed by atoms with E-state index in [4.69, 9.17) is 17.0 Å². The average Bonchev–Trinajstić information content (AvgIpc) is 2.89. The van der Waals surface area contributed by atoms with E-state index in [-0.39, 0.29) is 10.2 Å². The van der Waals surface area contributed by atoms with Crippen molar-refractivity contribution in [1.29, 1.82) is 0 Å². The smallest absolute Gasteiger partial charge is 0.266 e. The molecule has 0 aliphatic carbocycles. The van der Waals surface area contributed by atoms with Crippen LogP contribution in [0.1, 0.15) is 25.3 Å². The summed E-state index contributed by atoms with van der Waals surface area (Å²) in [6.07, 6.45) is 4.82. The van der Waals surface area contributed by atoms with E-state index in [9.17, 15) is 14.7 Å². The summed E-state index contributed by atoms with van der Waals surface area (Å²) in [5.41, 5.74) is 0.823. The summed E-state index contributed by atoms with van der Waals surface area (Å²) in [7, 11) is 0. The molecule has 1 fully saturated rings. The molecule has 1 aliphatic rings. The van der Waals surface area contributed by atoms with E-state index in [1.54, 1.807) is 6.08 Å². The van der Waals surface area contributed by atoms with Crippen LogP contribution in [0, 0.1) is 0 Å². The number of rotatable bonds is 9. The Balaban J connectivity index is 2.16. The zero-order chi connectivity index (χ0) is 19.1. The molecule has 0 N–H and O–H groups in total. The van der Waals surface area contributed by atoms with Crippen LogP contribution in [-0.2, 0) is 9.59 Å². The van der Waals surface area contributed by atoms with Gasteiger partial charge in [-0.3, -0.25) is 9.69 Å². The Kier molecular flexibility index (Phi) is 7.99. The Bertz CT molecular complexity index is 703. The maximum atomic E-state index is 12.7. The van der Waals surface area contributed by atoms with Gasteiger partial charge in [-0.2, -0.15) is 11.8 Å². The van der Waals surface area contributed by atoms with Crippen LogP contribution in [0.5, 0.6) is 5.75 Å². The molecule has 1 aliphatic heterocycles. The van der Waals surface area contributed by atoms with Crippen molar-refractivity contribution in [3.63, 3.8) is 0 Å². The SMILES string of the molecule is CCCOc1ccc(/C=C2/SC(=S)N([C@H](CCSC)C(=O)[O-])C2=O)cc1. The summed E-state index contributed by atoms with van der Waals surface area (Å²) >= 11 is 7.86. The van der Waals surface area contributed by atoms with Crippen LogP contribution in [0.2, 0.25) is 0 Å². The number of carbonyl (C=O) groups excluding carboxylic acids is 2. The molecule has 5 nitrogen and oxygen atoms in total. The fourth-order valence-corrected chi connectivity index (χ4v) is 4.18. The molecular weight excluding hydrogens is 390 g/mol. The van der Waals surface area contributed by atoms with Crippen LogP contribution >= 0.6 is 35.7 Å². The van der Waals surface area contributed by atoms with Gasteiger partial charge in [0.25, 0.3) is 5.91 Å². The number of carboxylic acid groups (broad SMARTS) is 1. The lowest BCUT2D eigenvalue weighted by molar-refractivity contribution is -0.310. The van der Waals surface area contributed by atoms with E-state index in [1.807, 2.05) is 37.4 Å². The minimum atomic E-state index is -1.28. The van der Waals surface area contributed by atoms with E-state index >= 15 is 0 Å². The van der Waals surface area contributed by atoms with Crippen LogP contribution < -0.4 is 9.84 Å². The van der Waals surface area contributed by atoms with E-state index in [0.29, 0.717) is 23.7 Å². The molecule has 2 rings (SSSR count). The molecule has 1 atom stereocenters. The summed E-state index contributed by atoms with van der Waals surface area (Å²) in [6, 6.07) is 6.34. The largest absolute Gasteiger partial charge is 0.548 e. The second-order valence-corrected chi connectivity index (χ2v) is 8.25. The number of hydrogen-bond acceptors (Lipinski definition) is 7. The molecule has 1 saturated heterocycles. The highest BCUT2D eigenvalue weighted by atomic mass is 32.2. The molecule has 1 aromatic rings. The molecular formula is C18H20NO4S3-. The van der Waals surface area contributed by atoms with E-state index in [0.717, 1.165) is 34.4 Å². The van der Waals surface area contributed by atoms with Crippen LogP contribution in [-0.4, -0.2) is 45.8 Å². The zero-order valence-electron chi connectivity index (χ0n) is 14.6. The average molecular weight is 411 g/mol. The number of carboxylic acids is 1. The van der Waals surface area contributed by atoms with E-state index in [2.05, 4.69) is 0 Å². The second kappa shape index (κ2) is 9.99. The fraction of sp³-hybridized carbons (Fsp3) is 0.389. The van der Waals surface area contributed by atoms with Gasteiger partial charge in [-0.15, -0.1) is 0 Å². The number of thiocarbonyl (C=S) groups is 1. The predicted molar refractivity (Wildman–Crippen MR) is 109 cm³/mol. The molecule has 0 saturated carbocycles. The highest BCUT2D eigenvalue weighted by molar-refractivity contribution is 8.26. The van der Waals surface area contributed by atoms with Crippen LogP contribution in [0.25, 0.3) is 6.08 Å². The fourth-order valence-electron chi connectivity index (χ4n) is 2.36. The molecule has 0 spiro atoms. The van der Waals surface area contributed by atoms with Gasteiger partial charge in [0.05, 0.1) is 23.5 Å². The number of amides is 1. The minimum absolute atomic E-state index is 0.249. The first-order valence-corrected chi connectivity index (χ1v) is 10.8. The van der Waals surface area contributed by atoms with Gasteiger partial charge >= 0.3 is 0 Å². The molecule has 1 heterocycles. The van der Waals surface area contributed by atoms with Crippen LogP contribution in [0.4, 0.5) is 0 Å². The molecule has 1 aromatic carbocycles. The lowest BCUT2D eigenvalue weighted by Crippen LogP contribution is -2.50. The van der Waals surface area contributed by atoms with Crippen molar-refractivity contribution in [3.05, 3.63) is 34.7 Å². The van der Waals surface area contributed by atoms with Gasteiger partial charge in [0.15, 0.2) is 0 Å². The van der Waals surface area contributed by atoms with Crippen molar-refractivity contribution < 1.29 is 19.4 Å². The topological polar surface area (TPSA) is 69.7 Å². The van der Waals surface area contributed by atoms with Gasteiger partial charge in [-0.25, -0.2) is 0 Å². The minimum Gasteiger partial charge on any atom is -0.548 e. The van der Waals surface area contributed by atoms with E-state index in [1.165, 1.54) is 11.8 Å². The predicted octanol–water partition coefficient (Wildman–Crippen LogP) is 2.55. The van der Waals surface area contributed by atoms with Crippen molar-refractivity contribution in [2.75, 3.05) is 18.6 Å². The van der Waals surface area contributed by atoms with Crippen molar-refractivity contribution in [2.45, 2.75) is 25.8 Å². The highest BCUT2D eigenvalue weighted by Gasteiger charge is 2.37. The number of aliphatic carboxylic acids is 1. The van der Waals surface area contributed by atoms with Gasteiger partial charge in [-0.05, 0) is 48.6 Å². The molecule has 0 radical (unpaired) electrons. The van der Waals surface area contributed by atoms with Crippen LogP contribution in [0.3, 0.4) is 0 Å². The third kappa shape index (κ3) is 5.25. The number of hydrogen-bond donors (Lipinski definition) is 0. The number of carbonyl (C=O) groups is 2. The Morgan fingerprint density at radius 2 is 2.12 bits per heavy atom. The van der Waals surface area contributed by atoms with Crippen molar-refractivity contribution in [2.24, 2.45) is 0 Å². The summed E-state index contributed by atoms with van der Waals surface area (Å²) in [6.45, 7) is 2.69. The third-order valence-corrected chi connectivity index (χ3v) is 5.63. The van der Waals surface area contributed by atoms with Gasteiger partial charge < -0.3 is 14.6 Å². The maximum Gasteiger partial charge on any atom is 0.266 e. The van der Waals surface area contributed by atoms with Gasteiger partial charge in [0.2, 0.25) is 0 Å². The Morgan fingerprint density at radius 1 is 1.42 bits per heavy atom. The zero-order valence-corrected chi connectivity index (χ0v) is 17.0. The molecule has 8 heteroatoms.